The lowest BCUT2D eigenvalue weighted by molar-refractivity contribution is 0.288. The minimum atomic E-state index is -1.78. The van der Waals surface area contributed by atoms with Crippen LogP contribution in [0.2, 0.25) is 0 Å². The molecule has 86 valence electrons. The van der Waals surface area contributed by atoms with E-state index >= 15 is 0 Å². The Morgan fingerprint density at radius 3 is 2.29 bits per heavy atom. The molecule has 2 N–H and O–H groups in total. The van der Waals surface area contributed by atoms with Crippen LogP contribution in [-0.4, -0.2) is 17.4 Å². The van der Waals surface area contributed by atoms with Gasteiger partial charge in [0.2, 0.25) is 0 Å². The third-order valence-corrected chi connectivity index (χ3v) is 2.39. The van der Waals surface area contributed by atoms with Crippen LogP contribution < -0.4 is 4.65 Å². The fourth-order valence-corrected chi connectivity index (χ4v) is 1.68. The van der Waals surface area contributed by atoms with Gasteiger partial charge in [0.15, 0.2) is 0 Å². The highest BCUT2D eigenvalue weighted by Gasteiger charge is 2.10. The number of benzene rings is 2. The van der Waals surface area contributed by atoms with E-state index in [1.807, 2.05) is 30.3 Å². The first-order valence-electron chi connectivity index (χ1n) is 5.40. The van der Waals surface area contributed by atoms with Gasteiger partial charge in [-0.25, -0.2) is 0 Å². The van der Waals surface area contributed by atoms with Crippen molar-refractivity contribution in [3.8, 4) is 5.75 Å². The smallest absolute Gasteiger partial charge is 0.512 e. The summed E-state index contributed by atoms with van der Waals surface area (Å²) in [4.78, 5) is 0. The predicted molar refractivity (Wildman–Crippen MR) is 66.5 cm³/mol. The van der Waals surface area contributed by atoms with Crippen molar-refractivity contribution in [1.29, 1.82) is 0 Å². The van der Waals surface area contributed by atoms with Crippen molar-refractivity contribution in [1.82, 2.24) is 0 Å². The molecule has 0 bridgehead atoms. The fraction of sp³-hybridized carbons (Fsp3) is 0.0769. The Labute approximate surface area is 100 Å². The van der Waals surface area contributed by atoms with E-state index < -0.39 is 7.32 Å². The molecule has 2 rings (SSSR count). The first-order valence-corrected chi connectivity index (χ1v) is 5.40. The first kappa shape index (κ1) is 11.7. The van der Waals surface area contributed by atoms with Crippen molar-refractivity contribution in [3.05, 3.63) is 65.7 Å². The molecule has 0 spiro atoms. The van der Waals surface area contributed by atoms with Gasteiger partial charge in [-0.05, 0) is 29.7 Å². The van der Waals surface area contributed by atoms with Crippen LogP contribution in [0.3, 0.4) is 0 Å². The standard InChI is InChI=1S/C13H13BO3/c15-14(16)17-13-8-4-7-12(10-13)9-11-5-2-1-3-6-11/h1-8,10,15-16H,9H2. The Kier molecular flexibility index (Phi) is 3.80. The van der Waals surface area contributed by atoms with Crippen LogP contribution in [0.1, 0.15) is 11.1 Å². The van der Waals surface area contributed by atoms with E-state index in [1.54, 1.807) is 12.1 Å². The van der Waals surface area contributed by atoms with Crippen LogP contribution in [0.15, 0.2) is 54.6 Å². The van der Waals surface area contributed by atoms with Crippen LogP contribution in [0.25, 0.3) is 0 Å². The molecule has 0 aromatic heterocycles. The maximum Gasteiger partial charge on any atom is 0.707 e. The van der Waals surface area contributed by atoms with Crippen LogP contribution >= 0.6 is 0 Å². The van der Waals surface area contributed by atoms with Gasteiger partial charge >= 0.3 is 7.32 Å². The maximum absolute atomic E-state index is 8.72. The Morgan fingerprint density at radius 2 is 1.59 bits per heavy atom. The van der Waals surface area contributed by atoms with Gasteiger partial charge in [-0.1, -0.05) is 42.5 Å². The lowest BCUT2D eigenvalue weighted by Gasteiger charge is -2.07. The van der Waals surface area contributed by atoms with E-state index in [0.717, 1.165) is 12.0 Å². The highest BCUT2D eigenvalue weighted by Crippen LogP contribution is 2.16. The first-order chi connectivity index (χ1) is 8.24. The Morgan fingerprint density at radius 1 is 0.882 bits per heavy atom. The van der Waals surface area contributed by atoms with Crippen molar-refractivity contribution < 1.29 is 14.7 Å². The van der Waals surface area contributed by atoms with Gasteiger partial charge in [-0.3, -0.25) is 0 Å². The SMILES string of the molecule is OB(O)Oc1cccc(Cc2ccccc2)c1. The van der Waals surface area contributed by atoms with Gasteiger partial charge < -0.3 is 14.7 Å². The van der Waals surface area contributed by atoms with E-state index in [-0.39, 0.29) is 0 Å². The third-order valence-electron chi connectivity index (χ3n) is 2.39. The minimum absolute atomic E-state index is 0.452. The highest BCUT2D eigenvalue weighted by atomic mass is 16.6. The molecule has 4 heteroatoms. The van der Waals surface area contributed by atoms with Crippen LogP contribution in [0, 0.1) is 0 Å². The fourth-order valence-electron chi connectivity index (χ4n) is 1.68. The van der Waals surface area contributed by atoms with Crippen molar-refractivity contribution in [2.45, 2.75) is 6.42 Å². The molecular formula is C13H13BO3. The summed E-state index contributed by atoms with van der Waals surface area (Å²) < 4.78 is 4.80. The summed E-state index contributed by atoms with van der Waals surface area (Å²) in [6.45, 7) is 0. The van der Waals surface area contributed by atoms with E-state index in [0.29, 0.717) is 5.75 Å². The lowest BCUT2D eigenvalue weighted by atomic mass is 10.0. The van der Waals surface area contributed by atoms with Crippen molar-refractivity contribution in [3.63, 3.8) is 0 Å². The minimum Gasteiger partial charge on any atom is -0.512 e. The Hall–Kier alpha value is -1.78. The van der Waals surface area contributed by atoms with Gasteiger partial charge in [0.05, 0.1) is 0 Å². The molecule has 0 aliphatic carbocycles. The second kappa shape index (κ2) is 5.52. The van der Waals surface area contributed by atoms with E-state index in [9.17, 15) is 0 Å². The number of hydrogen-bond acceptors (Lipinski definition) is 3. The molecule has 2 aromatic carbocycles. The molecule has 3 nitrogen and oxygen atoms in total. The zero-order valence-electron chi connectivity index (χ0n) is 9.28. The predicted octanol–water partition coefficient (Wildman–Crippen LogP) is 1.63. The second-order valence-electron chi connectivity index (χ2n) is 3.75. The molecule has 17 heavy (non-hydrogen) atoms. The molecule has 0 radical (unpaired) electrons. The average molecular weight is 228 g/mol. The number of hydrogen-bond donors (Lipinski definition) is 2. The zero-order chi connectivity index (χ0) is 12.1. The summed E-state index contributed by atoms with van der Waals surface area (Å²) in [5.41, 5.74) is 2.27. The van der Waals surface area contributed by atoms with Crippen molar-refractivity contribution in [2.24, 2.45) is 0 Å². The Bertz CT molecular complexity index is 471. The zero-order valence-corrected chi connectivity index (χ0v) is 9.28. The van der Waals surface area contributed by atoms with Gasteiger partial charge in [-0.15, -0.1) is 0 Å². The van der Waals surface area contributed by atoms with Crippen molar-refractivity contribution in [2.75, 3.05) is 0 Å². The van der Waals surface area contributed by atoms with Crippen LogP contribution in [0.4, 0.5) is 0 Å². The molecular weight excluding hydrogens is 215 g/mol. The van der Waals surface area contributed by atoms with Crippen LogP contribution in [-0.2, 0) is 6.42 Å². The molecule has 0 saturated carbocycles. The lowest BCUT2D eigenvalue weighted by Crippen LogP contribution is -2.20. The molecule has 0 unspecified atom stereocenters. The van der Waals surface area contributed by atoms with Gasteiger partial charge in [-0.2, -0.15) is 0 Å². The van der Waals surface area contributed by atoms with Gasteiger partial charge in [0, 0.05) is 0 Å². The van der Waals surface area contributed by atoms with Crippen molar-refractivity contribution >= 4 is 7.32 Å². The van der Waals surface area contributed by atoms with Gasteiger partial charge in [0.1, 0.15) is 5.75 Å². The summed E-state index contributed by atoms with van der Waals surface area (Å²) in [5.74, 6) is 0.452. The summed E-state index contributed by atoms with van der Waals surface area (Å²) in [6.07, 6.45) is 0.791. The summed E-state index contributed by atoms with van der Waals surface area (Å²) in [6, 6.07) is 17.4. The van der Waals surface area contributed by atoms with E-state index in [2.05, 4.69) is 12.1 Å². The maximum atomic E-state index is 8.72. The molecule has 0 fully saturated rings. The van der Waals surface area contributed by atoms with Gasteiger partial charge in [0.25, 0.3) is 0 Å². The molecule has 0 amide bonds. The molecule has 0 atom stereocenters. The largest absolute Gasteiger partial charge is 0.707 e. The average Bonchev–Trinajstić information content (AvgIpc) is 2.30. The molecule has 0 heterocycles. The normalized spacial score (nSPS) is 10.0. The summed E-state index contributed by atoms with van der Waals surface area (Å²) >= 11 is 0. The third kappa shape index (κ3) is 3.62. The Balaban J connectivity index is 2.11. The quantitative estimate of drug-likeness (QED) is 0.782. The topological polar surface area (TPSA) is 49.7 Å². The second-order valence-corrected chi connectivity index (χ2v) is 3.75. The summed E-state index contributed by atoms with van der Waals surface area (Å²) in [5, 5.41) is 17.4. The van der Waals surface area contributed by atoms with Crippen LogP contribution in [0.5, 0.6) is 5.75 Å². The molecule has 2 aromatic rings. The molecule has 0 saturated heterocycles. The van der Waals surface area contributed by atoms with E-state index in [1.165, 1.54) is 5.56 Å². The highest BCUT2D eigenvalue weighted by molar-refractivity contribution is 6.33. The van der Waals surface area contributed by atoms with E-state index in [4.69, 9.17) is 14.7 Å². The number of rotatable bonds is 4. The monoisotopic (exact) mass is 228 g/mol. The summed E-state index contributed by atoms with van der Waals surface area (Å²) in [7, 11) is -1.78. The molecule has 0 aliphatic heterocycles. The molecule has 0 aliphatic rings.